The van der Waals surface area contributed by atoms with Gasteiger partial charge < -0.3 is 5.32 Å². The SMILES string of the molecule is CCNCC1CCC(CC)CC1c1c(Cl)cnn1C(C)C. The average molecular weight is 312 g/mol. The molecule has 1 aromatic rings. The molecular formula is C17H30ClN3. The molecule has 0 bridgehead atoms. The summed E-state index contributed by atoms with van der Waals surface area (Å²) in [5.41, 5.74) is 1.27. The third kappa shape index (κ3) is 3.81. The van der Waals surface area contributed by atoms with E-state index in [9.17, 15) is 0 Å². The Balaban J connectivity index is 2.28. The average Bonchev–Trinajstić information content (AvgIpc) is 2.86. The van der Waals surface area contributed by atoms with Crippen molar-refractivity contribution in [3.05, 3.63) is 16.9 Å². The van der Waals surface area contributed by atoms with Crippen LogP contribution in [0.15, 0.2) is 6.20 Å². The van der Waals surface area contributed by atoms with Crippen LogP contribution in [0.4, 0.5) is 0 Å². The van der Waals surface area contributed by atoms with Crippen LogP contribution >= 0.6 is 11.6 Å². The van der Waals surface area contributed by atoms with Gasteiger partial charge in [-0.2, -0.15) is 5.10 Å². The van der Waals surface area contributed by atoms with Crippen LogP contribution in [0.3, 0.4) is 0 Å². The van der Waals surface area contributed by atoms with Crippen LogP contribution in [0.25, 0.3) is 0 Å². The fraction of sp³-hybridized carbons (Fsp3) is 0.824. The molecular weight excluding hydrogens is 282 g/mol. The van der Waals surface area contributed by atoms with E-state index in [1.165, 1.54) is 31.4 Å². The van der Waals surface area contributed by atoms with Gasteiger partial charge in [0.05, 0.1) is 16.9 Å². The van der Waals surface area contributed by atoms with Gasteiger partial charge >= 0.3 is 0 Å². The van der Waals surface area contributed by atoms with Crippen LogP contribution < -0.4 is 5.32 Å². The molecule has 3 unspecified atom stereocenters. The molecule has 4 heteroatoms. The largest absolute Gasteiger partial charge is 0.317 e. The van der Waals surface area contributed by atoms with Crippen LogP contribution in [0.5, 0.6) is 0 Å². The minimum atomic E-state index is 0.370. The molecule has 1 heterocycles. The molecule has 1 aromatic heterocycles. The highest BCUT2D eigenvalue weighted by molar-refractivity contribution is 6.31. The molecule has 2 rings (SSSR count). The van der Waals surface area contributed by atoms with Crippen LogP contribution in [-0.2, 0) is 0 Å². The monoisotopic (exact) mass is 311 g/mol. The van der Waals surface area contributed by atoms with Gasteiger partial charge in [0.1, 0.15) is 0 Å². The third-order valence-corrected chi connectivity index (χ3v) is 5.25. The Bertz CT molecular complexity index is 441. The number of halogens is 1. The van der Waals surface area contributed by atoms with E-state index in [1.807, 2.05) is 6.20 Å². The summed E-state index contributed by atoms with van der Waals surface area (Å²) in [6, 6.07) is 0.370. The van der Waals surface area contributed by atoms with Gasteiger partial charge in [0, 0.05) is 12.0 Å². The predicted molar refractivity (Wildman–Crippen MR) is 90.0 cm³/mol. The van der Waals surface area contributed by atoms with Crippen LogP contribution in [0, 0.1) is 11.8 Å². The molecule has 120 valence electrons. The molecule has 3 nitrogen and oxygen atoms in total. The quantitative estimate of drug-likeness (QED) is 0.829. The lowest BCUT2D eigenvalue weighted by Crippen LogP contribution is -2.33. The van der Waals surface area contributed by atoms with Gasteiger partial charge in [-0.3, -0.25) is 4.68 Å². The lowest BCUT2D eigenvalue weighted by atomic mass is 9.71. The van der Waals surface area contributed by atoms with Crippen molar-refractivity contribution in [2.45, 2.75) is 65.3 Å². The second-order valence-corrected chi connectivity index (χ2v) is 7.08. The summed E-state index contributed by atoms with van der Waals surface area (Å²) in [7, 11) is 0. The van der Waals surface area contributed by atoms with E-state index in [2.05, 4.69) is 42.8 Å². The minimum Gasteiger partial charge on any atom is -0.317 e. The first kappa shape index (κ1) is 16.8. The smallest absolute Gasteiger partial charge is 0.0820 e. The number of nitrogens with zero attached hydrogens (tertiary/aromatic N) is 2. The third-order valence-electron chi connectivity index (χ3n) is 4.96. The van der Waals surface area contributed by atoms with Crippen molar-refractivity contribution in [1.29, 1.82) is 0 Å². The first-order chi connectivity index (χ1) is 10.1. The summed E-state index contributed by atoms with van der Waals surface area (Å²) in [6.07, 6.45) is 7.02. The van der Waals surface area contributed by atoms with Gasteiger partial charge in [-0.25, -0.2) is 0 Å². The fourth-order valence-corrected chi connectivity index (χ4v) is 3.98. The van der Waals surface area contributed by atoms with Crippen LogP contribution in [-0.4, -0.2) is 22.9 Å². The summed E-state index contributed by atoms with van der Waals surface area (Å²) < 4.78 is 2.14. The Morgan fingerprint density at radius 1 is 1.38 bits per heavy atom. The highest BCUT2D eigenvalue weighted by Gasteiger charge is 2.34. The van der Waals surface area contributed by atoms with E-state index in [1.54, 1.807) is 0 Å². The second kappa shape index (κ2) is 7.64. The maximum Gasteiger partial charge on any atom is 0.0820 e. The van der Waals surface area contributed by atoms with Crippen LogP contribution in [0.1, 0.15) is 71.0 Å². The van der Waals surface area contributed by atoms with Crippen molar-refractivity contribution in [2.24, 2.45) is 11.8 Å². The number of hydrogen-bond acceptors (Lipinski definition) is 2. The topological polar surface area (TPSA) is 29.9 Å². The van der Waals surface area contributed by atoms with Gasteiger partial charge in [0.2, 0.25) is 0 Å². The Labute approximate surface area is 134 Å². The Hall–Kier alpha value is -0.540. The van der Waals surface area contributed by atoms with Crippen LogP contribution in [0.2, 0.25) is 5.02 Å². The van der Waals surface area contributed by atoms with Crippen molar-refractivity contribution in [3.63, 3.8) is 0 Å². The molecule has 1 N–H and O–H groups in total. The second-order valence-electron chi connectivity index (χ2n) is 6.68. The van der Waals surface area contributed by atoms with Crippen molar-refractivity contribution in [3.8, 4) is 0 Å². The van der Waals surface area contributed by atoms with Crippen molar-refractivity contribution < 1.29 is 0 Å². The molecule has 0 radical (unpaired) electrons. The fourth-order valence-electron chi connectivity index (χ4n) is 3.71. The van der Waals surface area contributed by atoms with E-state index >= 15 is 0 Å². The van der Waals surface area contributed by atoms with Crippen molar-refractivity contribution >= 4 is 11.6 Å². The highest BCUT2D eigenvalue weighted by Crippen LogP contribution is 2.44. The van der Waals surface area contributed by atoms with E-state index in [0.717, 1.165) is 24.0 Å². The standard InChI is InChI=1S/C17H30ClN3/c1-5-13-7-8-14(10-19-6-2)15(9-13)17-16(18)11-20-21(17)12(3)4/h11-15,19H,5-10H2,1-4H3. The lowest BCUT2D eigenvalue weighted by molar-refractivity contribution is 0.216. The first-order valence-corrected chi connectivity index (χ1v) is 8.89. The number of nitrogens with one attached hydrogen (secondary N) is 1. The Morgan fingerprint density at radius 2 is 2.14 bits per heavy atom. The van der Waals surface area contributed by atoms with Gasteiger partial charge in [0.25, 0.3) is 0 Å². The summed E-state index contributed by atoms with van der Waals surface area (Å²) in [5.74, 6) is 2.05. The zero-order valence-electron chi connectivity index (χ0n) is 13.9. The Morgan fingerprint density at radius 3 is 2.76 bits per heavy atom. The molecule has 1 fully saturated rings. The minimum absolute atomic E-state index is 0.370. The number of aromatic nitrogens is 2. The van der Waals surface area contributed by atoms with E-state index < -0.39 is 0 Å². The van der Waals surface area contributed by atoms with Crippen molar-refractivity contribution in [2.75, 3.05) is 13.1 Å². The molecule has 1 aliphatic rings. The van der Waals surface area contributed by atoms with Gasteiger partial charge in [-0.15, -0.1) is 0 Å². The van der Waals surface area contributed by atoms with Gasteiger partial charge in [-0.05, 0) is 51.6 Å². The summed E-state index contributed by atoms with van der Waals surface area (Å²) in [5, 5.41) is 8.91. The molecule has 0 saturated heterocycles. The van der Waals surface area contributed by atoms with Gasteiger partial charge in [-0.1, -0.05) is 38.3 Å². The first-order valence-electron chi connectivity index (χ1n) is 8.52. The lowest BCUT2D eigenvalue weighted by Gasteiger charge is -2.37. The van der Waals surface area contributed by atoms with E-state index in [0.29, 0.717) is 17.9 Å². The molecule has 1 aliphatic carbocycles. The molecule has 0 aliphatic heterocycles. The highest BCUT2D eigenvalue weighted by atomic mass is 35.5. The van der Waals surface area contributed by atoms with Gasteiger partial charge in [0.15, 0.2) is 0 Å². The summed E-state index contributed by atoms with van der Waals surface area (Å²) in [6.45, 7) is 11.0. The zero-order valence-corrected chi connectivity index (χ0v) is 14.7. The molecule has 0 spiro atoms. The Kier molecular flexibility index (Phi) is 6.12. The molecule has 0 aromatic carbocycles. The van der Waals surface area contributed by atoms with E-state index in [4.69, 9.17) is 11.6 Å². The number of hydrogen-bond donors (Lipinski definition) is 1. The molecule has 3 atom stereocenters. The summed E-state index contributed by atoms with van der Waals surface area (Å²) >= 11 is 6.51. The normalized spacial score (nSPS) is 26.5. The maximum absolute atomic E-state index is 6.51. The van der Waals surface area contributed by atoms with Crippen molar-refractivity contribution in [1.82, 2.24) is 15.1 Å². The maximum atomic E-state index is 6.51. The predicted octanol–water partition coefficient (Wildman–Crippen LogP) is 4.64. The number of rotatable bonds is 6. The van der Waals surface area contributed by atoms with E-state index in [-0.39, 0.29) is 0 Å². The summed E-state index contributed by atoms with van der Waals surface area (Å²) in [4.78, 5) is 0. The molecule has 0 amide bonds. The molecule has 1 saturated carbocycles. The molecule has 21 heavy (non-hydrogen) atoms. The zero-order chi connectivity index (χ0) is 15.4.